The van der Waals surface area contributed by atoms with Crippen molar-refractivity contribution < 1.29 is 9.90 Å². The lowest BCUT2D eigenvalue weighted by Crippen LogP contribution is -2.41. The molecule has 6 heteroatoms. The summed E-state index contributed by atoms with van der Waals surface area (Å²) in [5.41, 5.74) is 3.52. The summed E-state index contributed by atoms with van der Waals surface area (Å²) in [5.74, 6) is 0. The number of carbonyl (C=O) groups excluding carboxylic acids is 1. The Hall–Kier alpha value is -1.56. The quantitative estimate of drug-likeness (QED) is 0.813. The molecule has 1 aliphatic carbocycles. The van der Waals surface area contributed by atoms with Crippen molar-refractivity contribution in [2.75, 3.05) is 13.6 Å². The number of carbonyl (C=O) groups is 1. The Balaban J connectivity index is 0.000000730. The molecule has 1 aliphatic heterocycles. The van der Waals surface area contributed by atoms with Crippen molar-refractivity contribution in [1.29, 1.82) is 0 Å². The lowest BCUT2D eigenvalue weighted by Gasteiger charge is -2.30. The molecule has 0 saturated heterocycles. The van der Waals surface area contributed by atoms with Crippen LogP contribution in [0, 0.1) is 6.92 Å². The fourth-order valence-corrected chi connectivity index (χ4v) is 3.55. The van der Waals surface area contributed by atoms with E-state index in [9.17, 15) is 9.90 Å². The van der Waals surface area contributed by atoms with Crippen LogP contribution in [-0.4, -0.2) is 45.5 Å². The number of nitrogens with zero attached hydrogens (tertiary/aromatic N) is 3. The van der Waals surface area contributed by atoms with Gasteiger partial charge in [0.1, 0.15) is 0 Å². The maximum Gasteiger partial charge on any atom is 0.317 e. The van der Waals surface area contributed by atoms with Gasteiger partial charge in [-0.1, -0.05) is 27.7 Å². The third kappa shape index (κ3) is 4.97. The molecule has 6 nitrogen and oxygen atoms in total. The van der Waals surface area contributed by atoms with Crippen molar-refractivity contribution >= 4 is 6.03 Å². The smallest absolute Gasteiger partial charge is 0.317 e. The summed E-state index contributed by atoms with van der Waals surface area (Å²) in [5, 5.41) is 17.1. The van der Waals surface area contributed by atoms with Crippen molar-refractivity contribution in [2.24, 2.45) is 0 Å². The molecule has 0 aromatic carbocycles. The average molecular weight is 353 g/mol. The van der Waals surface area contributed by atoms with E-state index in [-0.39, 0.29) is 12.1 Å². The Morgan fingerprint density at radius 2 is 1.76 bits per heavy atom. The molecule has 0 bridgehead atoms. The van der Waals surface area contributed by atoms with Crippen molar-refractivity contribution in [3.05, 3.63) is 17.0 Å². The topological polar surface area (TPSA) is 70.4 Å². The molecule has 0 radical (unpaired) electrons. The first-order chi connectivity index (χ1) is 12.1. The number of aryl methyl sites for hydroxylation is 1. The van der Waals surface area contributed by atoms with E-state index in [1.807, 2.05) is 39.5 Å². The molecule has 1 aromatic rings. The highest BCUT2D eigenvalue weighted by molar-refractivity contribution is 5.74. The van der Waals surface area contributed by atoms with Gasteiger partial charge in [-0.15, -0.1) is 0 Å². The minimum atomic E-state index is -0.141. The van der Waals surface area contributed by atoms with Crippen LogP contribution in [-0.2, 0) is 13.0 Å². The molecular formula is C19H36N4O2. The number of fused-ring (bicyclic) bond motifs is 1. The van der Waals surface area contributed by atoms with Crippen LogP contribution in [0.2, 0.25) is 0 Å². The summed E-state index contributed by atoms with van der Waals surface area (Å²) < 4.78 is 2.18. The highest BCUT2D eigenvalue weighted by atomic mass is 16.3. The fourth-order valence-electron chi connectivity index (χ4n) is 3.55. The van der Waals surface area contributed by atoms with Crippen LogP contribution in [0.1, 0.15) is 76.4 Å². The Morgan fingerprint density at radius 3 is 2.32 bits per heavy atom. The predicted octanol–water partition coefficient (Wildman–Crippen LogP) is 3.42. The maximum atomic E-state index is 11.8. The number of aliphatic hydroxyl groups excluding tert-OH is 1. The number of hydrogen-bond acceptors (Lipinski definition) is 3. The summed E-state index contributed by atoms with van der Waals surface area (Å²) in [7, 11) is 1.67. The fraction of sp³-hybridized carbons (Fsp3) is 0.789. The first-order valence-electron chi connectivity index (χ1n) is 9.81. The molecule has 2 heterocycles. The molecule has 2 aliphatic rings. The molecule has 1 fully saturated rings. The highest BCUT2D eigenvalue weighted by Gasteiger charge is 2.29. The second-order valence-electron chi connectivity index (χ2n) is 6.14. The zero-order chi connectivity index (χ0) is 19.0. The van der Waals surface area contributed by atoms with E-state index in [1.165, 1.54) is 11.3 Å². The van der Waals surface area contributed by atoms with Gasteiger partial charge in [-0.05, 0) is 32.6 Å². The normalized spacial score (nSPS) is 22.0. The SMILES string of the molecule is CC.CC.CNC(=O)N1CCc2c(c(C)nn2C2CCC(O)CC2)C1. The van der Waals surface area contributed by atoms with Crippen LogP contribution in [0.5, 0.6) is 0 Å². The van der Waals surface area contributed by atoms with Crippen LogP contribution < -0.4 is 5.32 Å². The summed E-state index contributed by atoms with van der Waals surface area (Å²) in [6, 6.07) is 0.385. The molecule has 1 saturated carbocycles. The van der Waals surface area contributed by atoms with Gasteiger partial charge in [-0.3, -0.25) is 4.68 Å². The molecule has 25 heavy (non-hydrogen) atoms. The second kappa shape index (κ2) is 10.4. The molecular weight excluding hydrogens is 316 g/mol. The van der Waals surface area contributed by atoms with Gasteiger partial charge in [0.05, 0.1) is 24.4 Å². The standard InChI is InChI=1S/C15H24N4O2.2C2H6/c1-10-13-9-18(15(21)16-2)8-7-14(13)19(17-10)11-3-5-12(20)6-4-11;2*1-2/h11-12,20H,3-9H2,1-2H3,(H,16,21);2*1-2H3. The average Bonchev–Trinajstić information content (AvgIpc) is 3.01. The Labute approximate surface area is 152 Å². The lowest BCUT2D eigenvalue weighted by molar-refractivity contribution is 0.106. The van der Waals surface area contributed by atoms with E-state index >= 15 is 0 Å². The molecule has 2 N–H and O–H groups in total. The van der Waals surface area contributed by atoms with Crippen LogP contribution >= 0.6 is 0 Å². The van der Waals surface area contributed by atoms with Gasteiger partial charge in [0, 0.05) is 31.3 Å². The number of hydrogen-bond donors (Lipinski definition) is 2. The van der Waals surface area contributed by atoms with E-state index in [1.54, 1.807) is 7.05 Å². The number of aromatic nitrogens is 2. The lowest BCUT2D eigenvalue weighted by atomic mass is 9.92. The first kappa shape index (κ1) is 21.5. The third-order valence-electron chi connectivity index (χ3n) is 4.80. The van der Waals surface area contributed by atoms with E-state index in [0.29, 0.717) is 12.6 Å². The maximum absolute atomic E-state index is 11.8. The molecule has 0 atom stereocenters. The van der Waals surface area contributed by atoms with Crippen LogP contribution in [0.3, 0.4) is 0 Å². The van der Waals surface area contributed by atoms with Crippen molar-refractivity contribution in [2.45, 2.75) is 85.4 Å². The van der Waals surface area contributed by atoms with Crippen LogP contribution in [0.15, 0.2) is 0 Å². The van der Waals surface area contributed by atoms with Gasteiger partial charge in [-0.2, -0.15) is 5.10 Å². The zero-order valence-electron chi connectivity index (χ0n) is 16.8. The van der Waals surface area contributed by atoms with Gasteiger partial charge in [-0.25, -0.2) is 4.79 Å². The van der Waals surface area contributed by atoms with E-state index in [4.69, 9.17) is 5.10 Å². The van der Waals surface area contributed by atoms with E-state index < -0.39 is 0 Å². The summed E-state index contributed by atoms with van der Waals surface area (Å²) >= 11 is 0. The van der Waals surface area contributed by atoms with Crippen LogP contribution in [0.4, 0.5) is 4.79 Å². The summed E-state index contributed by atoms with van der Waals surface area (Å²) in [4.78, 5) is 13.6. The molecule has 0 unspecified atom stereocenters. The van der Waals surface area contributed by atoms with Gasteiger partial charge in [0.25, 0.3) is 0 Å². The number of amides is 2. The van der Waals surface area contributed by atoms with Crippen molar-refractivity contribution in [3.63, 3.8) is 0 Å². The van der Waals surface area contributed by atoms with Gasteiger partial charge >= 0.3 is 6.03 Å². The van der Waals surface area contributed by atoms with Gasteiger partial charge in [0.15, 0.2) is 0 Å². The monoisotopic (exact) mass is 352 g/mol. The molecule has 1 aromatic heterocycles. The minimum Gasteiger partial charge on any atom is -0.393 e. The Kier molecular flexibility index (Phi) is 8.97. The second-order valence-corrected chi connectivity index (χ2v) is 6.14. The zero-order valence-corrected chi connectivity index (χ0v) is 16.8. The number of nitrogens with one attached hydrogen (secondary N) is 1. The number of urea groups is 1. The van der Waals surface area contributed by atoms with E-state index in [0.717, 1.165) is 44.3 Å². The Bertz CT molecular complexity index is 534. The van der Waals surface area contributed by atoms with Gasteiger partial charge in [0.2, 0.25) is 0 Å². The number of aliphatic hydroxyl groups is 1. The summed E-state index contributed by atoms with van der Waals surface area (Å²) in [6.45, 7) is 11.4. The highest BCUT2D eigenvalue weighted by Crippen LogP contribution is 2.32. The predicted molar refractivity (Wildman–Crippen MR) is 102 cm³/mol. The first-order valence-corrected chi connectivity index (χ1v) is 9.81. The Morgan fingerprint density at radius 1 is 1.16 bits per heavy atom. The molecule has 144 valence electrons. The molecule has 2 amide bonds. The minimum absolute atomic E-state index is 0.0198. The van der Waals surface area contributed by atoms with Crippen LogP contribution in [0.25, 0.3) is 0 Å². The third-order valence-corrected chi connectivity index (χ3v) is 4.80. The molecule has 0 spiro atoms. The number of rotatable bonds is 1. The van der Waals surface area contributed by atoms with Gasteiger partial charge < -0.3 is 15.3 Å². The van der Waals surface area contributed by atoms with E-state index in [2.05, 4.69) is 10.00 Å². The molecule has 3 rings (SSSR count). The largest absolute Gasteiger partial charge is 0.393 e. The summed E-state index contributed by atoms with van der Waals surface area (Å²) in [6.07, 6.45) is 4.44. The van der Waals surface area contributed by atoms with Crippen molar-refractivity contribution in [3.8, 4) is 0 Å². The van der Waals surface area contributed by atoms with Crippen molar-refractivity contribution in [1.82, 2.24) is 20.0 Å².